The highest BCUT2D eigenvalue weighted by molar-refractivity contribution is 5.97. The molecule has 114 valence electrons. The van der Waals surface area contributed by atoms with E-state index in [0.717, 1.165) is 11.0 Å². The quantitative estimate of drug-likeness (QED) is 0.927. The molecule has 1 aliphatic carbocycles. The van der Waals surface area contributed by atoms with E-state index in [4.69, 9.17) is 4.42 Å². The Morgan fingerprint density at radius 1 is 1.23 bits per heavy atom. The fourth-order valence-electron chi connectivity index (χ4n) is 4.64. The zero-order chi connectivity index (χ0) is 14.7. The number of carbonyl (C=O) groups excluding carboxylic acids is 1. The average molecular weight is 296 g/mol. The van der Waals surface area contributed by atoms with E-state index < -0.39 is 0 Å². The number of hydrogen-bond donors (Lipinski definition) is 1. The minimum absolute atomic E-state index is 0.0447. The van der Waals surface area contributed by atoms with Gasteiger partial charge >= 0.3 is 0 Å². The molecule has 1 unspecified atom stereocenters. The molecule has 4 fully saturated rings. The minimum atomic E-state index is 0.0447. The van der Waals surface area contributed by atoms with Crippen LogP contribution in [-0.2, 0) is 0 Å². The number of carbonyl (C=O) groups is 1. The molecule has 3 saturated heterocycles. The fraction of sp³-hybridized carbons (Fsp3) is 0.500. The maximum Gasteiger partial charge on any atom is 0.251 e. The minimum Gasteiger partial charge on any atom is -0.464 e. The first kappa shape index (κ1) is 12.7. The molecule has 2 aromatic rings. The van der Waals surface area contributed by atoms with Gasteiger partial charge < -0.3 is 9.73 Å². The summed E-state index contributed by atoms with van der Waals surface area (Å²) in [5.74, 6) is 0.701. The van der Waals surface area contributed by atoms with E-state index in [1.54, 1.807) is 6.26 Å². The molecule has 1 N–H and O–H groups in total. The zero-order valence-corrected chi connectivity index (χ0v) is 12.5. The Morgan fingerprint density at radius 3 is 2.82 bits per heavy atom. The van der Waals surface area contributed by atoms with Gasteiger partial charge in [0.2, 0.25) is 0 Å². The molecule has 22 heavy (non-hydrogen) atoms. The van der Waals surface area contributed by atoms with Gasteiger partial charge in [0.05, 0.1) is 12.3 Å². The van der Waals surface area contributed by atoms with Crippen molar-refractivity contribution in [3.63, 3.8) is 0 Å². The molecule has 6 rings (SSSR count). The van der Waals surface area contributed by atoms with Crippen LogP contribution in [0, 0.1) is 5.92 Å². The maximum atomic E-state index is 12.7. The molecule has 1 aromatic carbocycles. The van der Waals surface area contributed by atoms with Crippen LogP contribution in [0.4, 0.5) is 0 Å². The average Bonchev–Trinajstić information content (AvgIpc) is 3.18. The number of hydrogen-bond acceptors (Lipinski definition) is 3. The molecule has 1 aromatic heterocycles. The van der Waals surface area contributed by atoms with Gasteiger partial charge in [-0.1, -0.05) is 6.07 Å². The first-order valence-corrected chi connectivity index (χ1v) is 8.29. The third kappa shape index (κ3) is 1.70. The molecule has 1 amide bonds. The van der Waals surface area contributed by atoms with Gasteiger partial charge in [-0.15, -0.1) is 0 Å². The van der Waals surface area contributed by atoms with Gasteiger partial charge in [-0.05, 0) is 62.9 Å². The van der Waals surface area contributed by atoms with Crippen molar-refractivity contribution in [2.45, 2.75) is 37.3 Å². The third-order valence-electron chi connectivity index (χ3n) is 5.99. The Balaban J connectivity index is 1.42. The zero-order valence-electron chi connectivity index (χ0n) is 12.5. The molecule has 1 spiro atoms. The van der Waals surface area contributed by atoms with Crippen LogP contribution in [0.1, 0.15) is 36.0 Å². The van der Waals surface area contributed by atoms with Gasteiger partial charge in [-0.25, -0.2) is 0 Å². The second-order valence-electron chi connectivity index (χ2n) is 7.05. The van der Waals surface area contributed by atoms with E-state index in [1.807, 2.05) is 24.3 Å². The molecular weight excluding hydrogens is 276 g/mol. The Hall–Kier alpha value is -1.81. The lowest BCUT2D eigenvalue weighted by molar-refractivity contribution is -0.00144. The SMILES string of the molecule is O=C(NC1C2CCN(CC2)C12CC2)c1ccc2ccoc2c1. The van der Waals surface area contributed by atoms with Gasteiger partial charge in [0, 0.05) is 16.5 Å². The molecular formula is C18H20N2O2. The molecule has 3 aliphatic heterocycles. The van der Waals surface area contributed by atoms with Crippen molar-refractivity contribution in [3.05, 3.63) is 36.1 Å². The number of fused-ring (bicyclic) bond motifs is 3. The first-order valence-electron chi connectivity index (χ1n) is 8.29. The summed E-state index contributed by atoms with van der Waals surface area (Å²) in [6, 6.07) is 7.95. The van der Waals surface area contributed by atoms with Crippen LogP contribution in [0.5, 0.6) is 0 Å². The Kier molecular flexibility index (Phi) is 2.51. The van der Waals surface area contributed by atoms with Gasteiger partial charge in [0.15, 0.2) is 0 Å². The molecule has 1 saturated carbocycles. The summed E-state index contributed by atoms with van der Waals surface area (Å²) in [4.78, 5) is 15.3. The highest BCUT2D eigenvalue weighted by Gasteiger charge is 2.60. The second-order valence-corrected chi connectivity index (χ2v) is 7.05. The molecule has 4 heterocycles. The monoisotopic (exact) mass is 296 g/mol. The molecule has 2 bridgehead atoms. The number of rotatable bonds is 2. The Labute approximate surface area is 129 Å². The van der Waals surface area contributed by atoms with Gasteiger partial charge in [-0.3, -0.25) is 9.69 Å². The molecule has 4 heteroatoms. The largest absolute Gasteiger partial charge is 0.464 e. The van der Waals surface area contributed by atoms with Crippen LogP contribution in [0.3, 0.4) is 0 Å². The lowest BCUT2D eigenvalue weighted by atomic mass is 9.77. The van der Waals surface area contributed by atoms with Crippen molar-refractivity contribution in [1.82, 2.24) is 10.2 Å². The number of benzene rings is 1. The maximum absolute atomic E-state index is 12.7. The van der Waals surface area contributed by atoms with Crippen LogP contribution in [-0.4, -0.2) is 35.5 Å². The smallest absolute Gasteiger partial charge is 0.251 e. The van der Waals surface area contributed by atoms with Crippen LogP contribution >= 0.6 is 0 Å². The lowest BCUT2D eigenvalue weighted by Crippen LogP contribution is -2.65. The first-order chi connectivity index (χ1) is 10.8. The molecule has 4 nitrogen and oxygen atoms in total. The fourth-order valence-corrected chi connectivity index (χ4v) is 4.64. The number of piperidine rings is 3. The van der Waals surface area contributed by atoms with Crippen LogP contribution < -0.4 is 5.32 Å². The molecule has 1 atom stereocenters. The summed E-state index contributed by atoms with van der Waals surface area (Å²) in [5.41, 5.74) is 1.77. The highest BCUT2D eigenvalue weighted by atomic mass is 16.3. The summed E-state index contributed by atoms with van der Waals surface area (Å²) >= 11 is 0. The van der Waals surface area contributed by atoms with Crippen molar-refractivity contribution >= 4 is 16.9 Å². The summed E-state index contributed by atoms with van der Waals surface area (Å²) in [7, 11) is 0. The summed E-state index contributed by atoms with van der Waals surface area (Å²) in [6.45, 7) is 2.44. The number of furan rings is 1. The number of amides is 1. The lowest BCUT2D eigenvalue weighted by Gasteiger charge is -2.52. The standard InChI is InChI=1S/C18H20N2O2/c21-17(14-2-1-12-5-10-22-15(12)11-14)19-16-13-3-8-20(9-4-13)18(16)6-7-18/h1-2,5,10-11,13,16H,3-4,6-9H2,(H,19,21). The van der Waals surface area contributed by atoms with Gasteiger partial charge in [0.1, 0.15) is 5.58 Å². The van der Waals surface area contributed by atoms with Crippen molar-refractivity contribution in [3.8, 4) is 0 Å². The summed E-state index contributed by atoms with van der Waals surface area (Å²) in [5, 5.41) is 4.39. The second kappa shape index (κ2) is 4.35. The van der Waals surface area contributed by atoms with E-state index in [0.29, 0.717) is 17.5 Å². The van der Waals surface area contributed by atoms with Crippen molar-refractivity contribution in [2.75, 3.05) is 13.1 Å². The summed E-state index contributed by atoms with van der Waals surface area (Å²) < 4.78 is 5.41. The van der Waals surface area contributed by atoms with E-state index in [2.05, 4.69) is 10.2 Å². The van der Waals surface area contributed by atoms with E-state index in [9.17, 15) is 4.79 Å². The van der Waals surface area contributed by atoms with Crippen molar-refractivity contribution in [1.29, 1.82) is 0 Å². The Bertz CT molecular complexity index is 738. The van der Waals surface area contributed by atoms with E-state index in [1.165, 1.54) is 38.8 Å². The Morgan fingerprint density at radius 2 is 2.05 bits per heavy atom. The van der Waals surface area contributed by atoms with E-state index in [-0.39, 0.29) is 11.4 Å². The normalized spacial score (nSPS) is 31.5. The van der Waals surface area contributed by atoms with Crippen LogP contribution in [0.25, 0.3) is 11.0 Å². The summed E-state index contributed by atoms with van der Waals surface area (Å²) in [6.07, 6.45) is 6.60. The predicted molar refractivity (Wildman–Crippen MR) is 83.7 cm³/mol. The number of nitrogens with zero attached hydrogens (tertiary/aromatic N) is 1. The topological polar surface area (TPSA) is 45.5 Å². The van der Waals surface area contributed by atoms with Crippen LogP contribution in [0.15, 0.2) is 34.9 Å². The third-order valence-corrected chi connectivity index (χ3v) is 5.99. The highest BCUT2D eigenvalue weighted by Crippen LogP contribution is 2.53. The molecule has 0 radical (unpaired) electrons. The molecule has 4 aliphatic rings. The van der Waals surface area contributed by atoms with Crippen molar-refractivity contribution < 1.29 is 9.21 Å². The van der Waals surface area contributed by atoms with Crippen LogP contribution in [0.2, 0.25) is 0 Å². The number of nitrogens with one attached hydrogen (secondary N) is 1. The van der Waals surface area contributed by atoms with Gasteiger partial charge in [0.25, 0.3) is 5.91 Å². The van der Waals surface area contributed by atoms with E-state index >= 15 is 0 Å². The predicted octanol–water partition coefficient (Wildman–Crippen LogP) is 2.79. The van der Waals surface area contributed by atoms with Crippen molar-refractivity contribution in [2.24, 2.45) is 5.92 Å². The van der Waals surface area contributed by atoms with Gasteiger partial charge in [-0.2, -0.15) is 0 Å².